The van der Waals surface area contributed by atoms with Gasteiger partial charge in [-0.2, -0.15) is 0 Å². The third-order valence-electron chi connectivity index (χ3n) is 5.12. The molecule has 0 saturated carbocycles. The number of nitrogens with zero attached hydrogens (tertiary/aromatic N) is 2. The molecule has 2 aromatic rings. The quantitative estimate of drug-likeness (QED) is 0.785. The van der Waals surface area contributed by atoms with Gasteiger partial charge in [0.15, 0.2) is 5.78 Å². The van der Waals surface area contributed by atoms with Crippen molar-refractivity contribution in [2.24, 2.45) is 5.92 Å². The topological polar surface area (TPSA) is 64.3 Å². The Bertz CT molecular complexity index is 751. The standard InChI is InChI=1S/C20H26N2O3/c1-3-14(10-22-11-15(12-23)21-13-22)20(24)18-8-9-19(25-2)17-7-5-4-6-16(17)18/h8-9,11,13-14,23H,3-7,10,12H2,1-2H3. The van der Waals surface area contributed by atoms with Crippen molar-refractivity contribution in [1.29, 1.82) is 0 Å². The number of carbonyl (C=O) groups excluding carboxylic acids is 1. The number of aliphatic hydroxyl groups excluding tert-OH is 1. The van der Waals surface area contributed by atoms with Gasteiger partial charge in [-0.3, -0.25) is 4.79 Å². The number of ether oxygens (including phenoxy) is 1. The van der Waals surface area contributed by atoms with Crippen LogP contribution < -0.4 is 4.74 Å². The number of methoxy groups -OCH3 is 1. The molecular weight excluding hydrogens is 316 g/mol. The number of fused-ring (bicyclic) bond motifs is 1. The molecule has 0 radical (unpaired) electrons. The molecule has 0 spiro atoms. The second-order valence-electron chi connectivity index (χ2n) is 6.67. The molecule has 0 aliphatic heterocycles. The molecule has 1 N–H and O–H groups in total. The van der Waals surface area contributed by atoms with Crippen molar-refractivity contribution in [3.63, 3.8) is 0 Å². The molecule has 1 aromatic heterocycles. The van der Waals surface area contributed by atoms with E-state index in [9.17, 15) is 4.79 Å². The van der Waals surface area contributed by atoms with Crippen molar-refractivity contribution in [1.82, 2.24) is 9.55 Å². The maximum absolute atomic E-state index is 13.2. The van der Waals surface area contributed by atoms with E-state index in [1.807, 2.05) is 23.6 Å². The molecule has 0 fully saturated rings. The number of rotatable bonds is 7. The fourth-order valence-corrected chi connectivity index (χ4v) is 3.72. The van der Waals surface area contributed by atoms with Gasteiger partial charge in [0.2, 0.25) is 0 Å². The summed E-state index contributed by atoms with van der Waals surface area (Å²) in [6.45, 7) is 2.55. The van der Waals surface area contributed by atoms with E-state index in [1.165, 1.54) is 11.1 Å². The van der Waals surface area contributed by atoms with Gasteiger partial charge in [0.1, 0.15) is 5.75 Å². The first-order valence-electron chi connectivity index (χ1n) is 9.02. The number of hydrogen-bond acceptors (Lipinski definition) is 4. The highest BCUT2D eigenvalue weighted by Gasteiger charge is 2.25. The summed E-state index contributed by atoms with van der Waals surface area (Å²) in [6, 6.07) is 3.87. The lowest BCUT2D eigenvalue weighted by Gasteiger charge is -2.23. The van der Waals surface area contributed by atoms with Gasteiger partial charge < -0.3 is 14.4 Å². The Morgan fingerprint density at radius 2 is 2.08 bits per heavy atom. The molecule has 1 unspecified atom stereocenters. The zero-order valence-corrected chi connectivity index (χ0v) is 15.0. The van der Waals surface area contributed by atoms with Crippen LogP contribution in [0.4, 0.5) is 0 Å². The van der Waals surface area contributed by atoms with E-state index >= 15 is 0 Å². The van der Waals surface area contributed by atoms with Gasteiger partial charge in [-0.15, -0.1) is 0 Å². The van der Waals surface area contributed by atoms with Crippen molar-refractivity contribution < 1.29 is 14.6 Å². The Morgan fingerprint density at radius 1 is 1.32 bits per heavy atom. The fourth-order valence-electron chi connectivity index (χ4n) is 3.72. The Morgan fingerprint density at radius 3 is 2.72 bits per heavy atom. The first-order chi connectivity index (χ1) is 12.2. The first-order valence-corrected chi connectivity index (χ1v) is 9.02. The Hall–Kier alpha value is -2.14. The van der Waals surface area contributed by atoms with Crippen LogP contribution in [0.15, 0.2) is 24.7 Å². The number of carbonyl (C=O) groups is 1. The highest BCUT2D eigenvalue weighted by molar-refractivity contribution is 5.99. The molecule has 0 bridgehead atoms. The summed E-state index contributed by atoms with van der Waals surface area (Å²) in [5.41, 5.74) is 3.87. The van der Waals surface area contributed by atoms with Crippen molar-refractivity contribution in [3.8, 4) is 5.75 Å². The summed E-state index contributed by atoms with van der Waals surface area (Å²) in [6.07, 6.45) is 8.47. The summed E-state index contributed by atoms with van der Waals surface area (Å²) in [4.78, 5) is 17.3. The monoisotopic (exact) mass is 342 g/mol. The van der Waals surface area contributed by atoms with E-state index in [0.29, 0.717) is 12.2 Å². The van der Waals surface area contributed by atoms with Crippen LogP contribution >= 0.6 is 0 Å². The average Bonchev–Trinajstić information content (AvgIpc) is 3.12. The van der Waals surface area contributed by atoms with Crippen molar-refractivity contribution in [2.45, 2.75) is 52.2 Å². The molecule has 25 heavy (non-hydrogen) atoms. The molecule has 1 aromatic carbocycles. The normalized spacial score (nSPS) is 14.8. The van der Waals surface area contributed by atoms with Crippen LogP contribution in [0.3, 0.4) is 0 Å². The van der Waals surface area contributed by atoms with E-state index in [0.717, 1.165) is 43.4 Å². The van der Waals surface area contributed by atoms with Gasteiger partial charge in [-0.05, 0) is 55.4 Å². The lowest BCUT2D eigenvalue weighted by Crippen LogP contribution is -2.22. The third kappa shape index (κ3) is 3.61. The molecule has 0 saturated heterocycles. The number of benzene rings is 1. The molecular formula is C20H26N2O3. The first kappa shape index (κ1) is 17.7. The van der Waals surface area contributed by atoms with Gasteiger partial charge in [-0.25, -0.2) is 4.98 Å². The van der Waals surface area contributed by atoms with E-state index in [-0.39, 0.29) is 18.3 Å². The molecule has 1 heterocycles. The van der Waals surface area contributed by atoms with Gasteiger partial charge in [0, 0.05) is 24.2 Å². The number of imidazole rings is 1. The summed E-state index contributed by atoms with van der Waals surface area (Å²) < 4.78 is 7.39. The number of ketones is 1. The van der Waals surface area contributed by atoms with Crippen LogP contribution in [0.5, 0.6) is 5.75 Å². The van der Waals surface area contributed by atoms with Gasteiger partial charge in [-0.1, -0.05) is 6.92 Å². The van der Waals surface area contributed by atoms with E-state index < -0.39 is 0 Å². The van der Waals surface area contributed by atoms with Crippen LogP contribution in [-0.2, 0) is 26.0 Å². The number of aromatic nitrogens is 2. The second-order valence-corrected chi connectivity index (χ2v) is 6.67. The summed E-state index contributed by atoms with van der Waals surface area (Å²) in [7, 11) is 1.69. The molecule has 5 nitrogen and oxygen atoms in total. The Balaban J connectivity index is 1.87. The largest absolute Gasteiger partial charge is 0.496 e. The number of Topliss-reactive ketones (excluding diaryl/α,β-unsaturated/α-hetero) is 1. The summed E-state index contributed by atoms with van der Waals surface area (Å²) in [5, 5.41) is 9.16. The van der Waals surface area contributed by atoms with Crippen LogP contribution in [0.25, 0.3) is 0 Å². The average molecular weight is 342 g/mol. The molecule has 134 valence electrons. The molecule has 0 amide bonds. The predicted octanol–water partition coefficient (Wildman–Crippen LogP) is 3.17. The van der Waals surface area contributed by atoms with Gasteiger partial charge >= 0.3 is 0 Å². The van der Waals surface area contributed by atoms with Crippen LogP contribution in [0.1, 0.15) is 53.4 Å². The zero-order chi connectivity index (χ0) is 17.8. The SMILES string of the molecule is CCC(Cn1cnc(CO)c1)C(=O)c1ccc(OC)c2c1CCCC2. The fraction of sp³-hybridized carbons (Fsp3) is 0.500. The zero-order valence-electron chi connectivity index (χ0n) is 15.0. The minimum absolute atomic E-state index is 0.0796. The molecule has 5 heteroatoms. The van der Waals surface area contributed by atoms with Crippen molar-refractivity contribution >= 4 is 5.78 Å². The maximum Gasteiger partial charge on any atom is 0.168 e. The maximum atomic E-state index is 13.2. The second kappa shape index (κ2) is 7.83. The highest BCUT2D eigenvalue weighted by atomic mass is 16.5. The summed E-state index contributed by atoms with van der Waals surface area (Å²) >= 11 is 0. The highest BCUT2D eigenvalue weighted by Crippen LogP contribution is 2.33. The predicted molar refractivity (Wildman–Crippen MR) is 95.9 cm³/mol. The minimum Gasteiger partial charge on any atom is -0.496 e. The van der Waals surface area contributed by atoms with Crippen LogP contribution in [0.2, 0.25) is 0 Å². The summed E-state index contributed by atoms with van der Waals surface area (Å²) in [5.74, 6) is 1.00. The van der Waals surface area contributed by atoms with E-state index in [1.54, 1.807) is 19.6 Å². The van der Waals surface area contributed by atoms with Gasteiger partial charge in [0.05, 0.1) is 25.7 Å². The molecule has 3 rings (SSSR count). The molecule has 1 atom stereocenters. The Labute approximate surface area is 148 Å². The van der Waals surface area contributed by atoms with E-state index in [2.05, 4.69) is 4.98 Å². The number of hydrogen-bond donors (Lipinski definition) is 1. The van der Waals surface area contributed by atoms with Crippen molar-refractivity contribution in [2.75, 3.05) is 7.11 Å². The smallest absolute Gasteiger partial charge is 0.168 e. The lowest BCUT2D eigenvalue weighted by molar-refractivity contribution is 0.0902. The van der Waals surface area contributed by atoms with E-state index in [4.69, 9.17) is 9.84 Å². The minimum atomic E-state index is -0.0971. The Kier molecular flexibility index (Phi) is 5.53. The van der Waals surface area contributed by atoms with Crippen molar-refractivity contribution in [3.05, 3.63) is 47.0 Å². The van der Waals surface area contributed by atoms with Crippen LogP contribution in [-0.4, -0.2) is 27.6 Å². The molecule has 1 aliphatic rings. The van der Waals surface area contributed by atoms with Gasteiger partial charge in [0.25, 0.3) is 0 Å². The van der Waals surface area contributed by atoms with Crippen LogP contribution in [0, 0.1) is 5.92 Å². The lowest BCUT2D eigenvalue weighted by atomic mass is 9.83. The third-order valence-corrected chi connectivity index (χ3v) is 5.12. The molecule has 1 aliphatic carbocycles. The number of aliphatic hydroxyl groups is 1.